The van der Waals surface area contributed by atoms with Gasteiger partial charge in [-0.2, -0.15) is 0 Å². The molecular formula is C65H67Cl2N10O2+. The average molecular weight is 1090 g/mol. The highest BCUT2D eigenvalue weighted by Gasteiger charge is 2.23. The summed E-state index contributed by atoms with van der Waals surface area (Å²) in [6.45, 7) is 11.3. The number of nitrogens with one attached hydrogen (secondary N) is 5. The molecule has 0 bridgehead atoms. The zero-order valence-electron chi connectivity index (χ0n) is 44.8. The van der Waals surface area contributed by atoms with E-state index in [2.05, 4.69) is 75.8 Å². The Bertz CT molecular complexity index is 3600. The van der Waals surface area contributed by atoms with Gasteiger partial charge in [0, 0.05) is 78.6 Å². The number of unbranched alkanes of at least 4 members (excludes halogenated alkanes) is 6. The number of benzene rings is 7. The summed E-state index contributed by atoms with van der Waals surface area (Å²) >= 11 is 12.8. The maximum absolute atomic E-state index is 13.0. The van der Waals surface area contributed by atoms with Crippen LogP contribution in [0.2, 0.25) is 10.0 Å². The largest absolute Gasteiger partial charge is 0.397 e. The number of hydrogen-bond acceptors (Lipinski definition) is 9. The van der Waals surface area contributed by atoms with Gasteiger partial charge in [0.05, 0.1) is 38.5 Å². The van der Waals surface area contributed by atoms with Crippen molar-refractivity contribution in [1.82, 2.24) is 20.9 Å². The SMILES string of the molecule is C=C1C=C(NCCCCCCNC(=O)c2ccc(-c3ccc(C(=O)NCCCCCCNc4cc5c(cc4C)nc4cc(Cl)c(N)cc4[n+]5-c4ccccc4)cc3)cc2)C(C)=C/C1=N/c1cc(Cl)c(N)cc1Nc1ccccc1. The molecule has 0 saturated carbocycles. The first kappa shape index (κ1) is 55.3. The second-order valence-corrected chi connectivity index (χ2v) is 20.8. The molecule has 0 spiro atoms. The van der Waals surface area contributed by atoms with Gasteiger partial charge in [-0.05, 0) is 140 Å². The van der Waals surface area contributed by atoms with Crippen LogP contribution >= 0.6 is 23.2 Å². The Morgan fingerprint density at radius 3 is 1.73 bits per heavy atom. The van der Waals surface area contributed by atoms with E-state index in [1.807, 2.05) is 121 Å². The minimum atomic E-state index is -0.0893. The van der Waals surface area contributed by atoms with E-state index < -0.39 is 0 Å². The van der Waals surface area contributed by atoms with Crippen LogP contribution in [0.5, 0.6) is 0 Å². The molecule has 79 heavy (non-hydrogen) atoms. The molecule has 1 heterocycles. The predicted octanol–water partition coefficient (Wildman–Crippen LogP) is 14.3. The summed E-state index contributed by atoms with van der Waals surface area (Å²) < 4.78 is 2.19. The number of nitrogens with two attached hydrogens (primary N) is 2. The molecule has 7 aromatic carbocycles. The Labute approximate surface area is 472 Å². The Balaban J connectivity index is 0.645. The molecule has 2 amide bonds. The number of anilines is 5. The summed E-state index contributed by atoms with van der Waals surface area (Å²) in [6.07, 6.45) is 11.9. The van der Waals surface area contributed by atoms with Crippen LogP contribution in [0.25, 0.3) is 38.9 Å². The second-order valence-electron chi connectivity index (χ2n) is 19.9. The molecule has 402 valence electrons. The molecule has 8 aromatic rings. The van der Waals surface area contributed by atoms with Gasteiger partial charge in [-0.3, -0.25) is 9.59 Å². The van der Waals surface area contributed by atoms with Gasteiger partial charge >= 0.3 is 0 Å². The van der Waals surface area contributed by atoms with Crippen molar-refractivity contribution < 1.29 is 14.2 Å². The summed E-state index contributed by atoms with van der Waals surface area (Å²) in [4.78, 5) is 35.9. The number of aromatic nitrogens is 2. The third kappa shape index (κ3) is 14.2. The topological polar surface area (TPSA) is 175 Å². The molecule has 0 fully saturated rings. The molecule has 0 saturated heterocycles. The van der Waals surface area contributed by atoms with Gasteiger partial charge in [0.25, 0.3) is 11.8 Å². The van der Waals surface area contributed by atoms with Crippen molar-refractivity contribution in [2.75, 3.05) is 48.3 Å². The van der Waals surface area contributed by atoms with Gasteiger partial charge in [-0.1, -0.05) is 116 Å². The number of rotatable bonds is 23. The van der Waals surface area contributed by atoms with E-state index in [9.17, 15) is 9.59 Å². The van der Waals surface area contributed by atoms with Crippen LogP contribution in [0, 0.1) is 6.92 Å². The fraction of sp³-hybridized carbons (Fsp3) is 0.215. The van der Waals surface area contributed by atoms with E-state index >= 15 is 0 Å². The maximum Gasteiger partial charge on any atom is 0.251 e. The maximum atomic E-state index is 13.0. The number of halogens is 2. The lowest BCUT2D eigenvalue weighted by Crippen LogP contribution is -2.33. The Morgan fingerprint density at radius 1 is 0.582 bits per heavy atom. The minimum Gasteiger partial charge on any atom is -0.397 e. The molecule has 1 aliphatic carbocycles. The van der Waals surface area contributed by atoms with Crippen molar-refractivity contribution in [3.05, 3.63) is 208 Å². The summed E-state index contributed by atoms with van der Waals surface area (Å²) in [7, 11) is 0. The first-order valence-electron chi connectivity index (χ1n) is 27.0. The molecule has 0 unspecified atom stereocenters. The number of nitrogen functional groups attached to an aromatic ring is 2. The van der Waals surface area contributed by atoms with Crippen LogP contribution in [0.3, 0.4) is 0 Å². The van der Waals surface area contributed by atoms with Crippen LogP contribution in [0.15, 0.2) is 186 Å². The molecule has 1 aromatic heterocycles. The molecule has 9 N–H and O–H groups in total. The minimum absolute atomic E-state index is 0.0869. The highest BCUT2D eigenvalue weighted by molar-refractivity contribution is 6.34. The molecule has 0 aliphatic heterocycles. The molecule has 12 nitrogen and oxygen atoms in total. The standard InChI is InChI=1S/C65H66Cl2N10O2/c1-42-35-57(75-58-37-51(66)53(68)39-59(58)74-49-18-10-8-11-19-49)44(3)34-55(42)70-30-14-4-6-16-32-72-64(78)47-26-22-45(23-27-47)46-24-28-48(29-25-46)65(79)73-33-17-7-5-15-31-71-56-41-63-60(36-43(56)2)76-61-38-52(67)54(69)40-62(61)77(63)50-20-12-9-13-21-50/h8-13,18-29,34-41,70,74H,3-7,14-17,30-33,68H2,1-2H3,(H4,69,71,72,73,78,79)/p+1/b75-57-. The number of carbonyl (C=O) groups excluding carboxylic acids is 2. The van der Waals surface area contributed by atoms with E-state index in [1.54, 1.807) is 12.1 Å². The lowest BCUT2D eigenvalue weighted by atomic mass is 9.99. The van der Waals surface area contributed by atoms with Crippen LogP contribution < -0.4 is 42.6 Å². The molecule has 0 radical (unpaired) electrons. The summed E-state index contributed by atoms with van der Waals surface area (Å²) in [6, 6.07) is 46.8. The van der Waals surface area contributed by atoms with Gasteiger partial charge in [0.15, 0.2) is 0 Å². The predicted molar refractivity (Wildman–Crippen MR) is 329 cm³/mol. The van der Waals surface area contributed by atoms with Gasteiger partial charge in [-0.25, -0.2) is 9.98 Å². The quantitative estimate of drug-likeness (QED) is 0.0143. The van der Waals surface area contributed by atoms with Crippen LogP contribution in [-0.4, -0.2) is 48.7 Å². The van der Waals surface area contributed by atoms with Crippen molar-refractivity contribution in [2.24, 2.45) is 4.99 Å². The fourth-order valence-electron chi connectivity index (χ4n) is 9.59. The summed E-state index contributed by atoms with van der Waals surface area (Å²) in [5, 5.41) is 17.7. The van der Waals surface area contributed by atoms with Crippen molar-refractivity contribution in [3.8, 4) is 16.8 Å². The number of hydrogen-bond donors (Lipinski definition) is 7. The van der Waals surface area contributed by atoms with Gasteiger partial charge in [0.1, 0.15) is 11.0 Å². The molecule has 9 rings (SSSR count). The number of aryl methyl sites for hydroxylation is 1. The van der Waals surface area contributed by atoms with Crippen LogP contribution in [0.1, 0.15) is 84.6 Å². The van der Waals surface area contributed by atoms with E-state index in [0.29, 0.717) is 51.3 Å². The molecule has 0 atom stereocenters. The van der Waals surface area contributed by atoms with E-state index in [-0.39, 0.29) is 11.8 Å². The monoisotopic (exact) mass is 1090 g/mol. The Hall–Kier alpha value is -8.45. The first-order valence-corrected chi connectivity index (χ1v) is 27.8. The van der Waals surface area contributed by atoms with Crippen molar-refractivity contribution in [3.63, 3.8) is 0 Å². The molecular weight excluding hydrogens is 1020 g/mol. The normalized spacial score (nSPS) is 12.8. The first-order chi connectivity index (χ1) is 38.4. The molecule has 1 aliphatic rings. The lowest BCUT2D eigenvalue weighted by Gasteiger charge is -2.19. The van der Waals surface area contributed by atoms with Crippen molar-refractivity contribution >= 4 is 96.9 Å². The lowest BCUT2D eigenvalue weighted by molar-refractivity contribution is -0.538. The van der Waals surface area contributed by atoms with Crippen molar-refractivity contribution in [2.45, 2.75) is 65.2 Å². The summed E-state index contributed by atoms with van der Waals surface area (Å²) in [5.41, 5.74) is 29.3. The second kappa shape index (κ2) is 26.3. The van der Waals surface area contributed by atoms with E-state index in [4.69, 9.17) is 44.6 Å². The van der Waals surface area contributed by atoms with E-state index in [0.717, 1.165) is 149 Å². The van der Waals surface area contributed by atoms with Crippen LogP contribution in [-0.2, 0) is 0 Å². The third-order valence-electron chi connectivity index (χ3n) is 14.0. The number of nitrogens with zero attached hydrogens (tertiary/aromatic N) is 3. The van der Waals surface area contributed by atoms with E-state index in [1.165, 1.54) is 0 Å². The average Bonchev–Trinajstić information content (AvgIpc) is 3.46. The fourth-order valence-corrected chi connectivity index (χ4v) is 9.91. The molecule has 14 heteroatoms. The van der Waals surface area contributed by atoms with Gasteiger partial charge in [-0.15, -0.1) is 4.57 Å². The number of para-hydroxylation sites is 2. The number of fused-ring (bicyclic) bond motifs is 2. The highest BCUT2D eigenvalue weighted by Crippen LogP contribution is 2.37. The number of allylic oxidation sites excluding steroid dienone is 4. The van der Waals surface area contributed by atoms with Crippen molar-refractivity contribution in [1.29, 1.82) is 0 Å². The number of amides is 2. The third-order valence-corrected chi connectivity index (χ3v) is 14.7. The number of aliphatic imine (C=N–C) groups is 1. The Morgan fingerprint density at radius 2 is 1.11 bits per heavy atom. The smallest absolute Gasteiger partial charge is 0.251 e. The zero-order valence-corrected chi connectivity index (χ0v) is 46.3. The highest BCUT2D eigenvalue weighted by atomic mass is 35.5. The Kier molecular flexibility index (Phi) is 18.4. The van der Waals surface area contributed by atoms with Crippen LogP contribution in [0.4, 0.5) is 34.1 Å². The summed E-state index contributed by atoms with van der Waals surface area (Å²) in [5.74, 6) is -0.176. The zero-order chi connectivity index (χ0) is 55.3. The van der Waals surface area contributed by atoms with Gasteiger partial charge < -0.3 is 38.1 Å². The van der Waals surface area contributed by atoms with Gasteiger partial charge in [0.2, 0.25) is 16.7 Å². The number of carbonyl (C=O) groups is 2.